The average Bonchev–Trinajstić information content (AvgIpc) is 3.15. The minimum absolute atomic E-state index is 0. The van der Waals surface area contributed by atoms with Gasteiger partial charge in [-0.1, -0.05) is 60.5 Å². The molecule has 0 unspecified atom stereocenters. The van der Waals surface area contributed by atoms with Crippen LogP contribution < -0.4 is 19.4 Å². The number of aromatic nitrogens is 1. The van der Waals surface area contributed by atoms with Gasteiger partial charge in [0.05, 0.1) is 24.4 Å². The van der Waals surface area contributed by atoms with Crippen LogP contribution in [0.4, 0.5) is 23.7 Å². The van der Waals surface area contributed by atoms with Crippen LogP contribution in [0.3, 0.4) is 0 Å². The summed E-state index contributed by atoms with van der Waals surface area (Å²) in [5, 5.41) is 0.601. The Balaban J connectivity index is 0.00000561. The number of carbonyl (C=O) groups is 2. The molecule has 2 atom stereocenters. The Morgan fingerprint density at radius 2 is 1.69 bits per heavy atom. The van der Waals surface area contributed by atoms with E-state index in [1.54, 1.807) is 36.4 Å². The molecule has 3 aromatic carbocycles. The van der Waals surface area contributed by atoms with E-state index < -0.39 is 30.6 Å². The number of H-pyrrole nitrogens is 1. The van der Waals surface area contributed by atoms with E-state index in [0.717, 1.165) is 25.9 Å². The number of ether oxygens (including phenoxy) is 4. The van der Waals surface area contributed by atoms with E-state index in [4.69, 9.17) is 37.4 Å². The van der Waals surface area contributed by atoms with E-state index in [0.29, 0.717) is 39.7 Å². The van der Waals surface area contributed by atoms with Crippen LogP contribution in [0.5, 0.6) is 11.5 Å². The number of hydrogen-bond donors (Lipinski definition) is 0. The molecule has 3 aliphatic heterocycles. The van der Waals surface area contributed by atoms with Gasteiger partial charge in [0.1, 0.15) is 28.1 Å². The number of nitrogens with zero attached hydrogens (tertiary/aromatic N) is 2. The molecule has 3 fully saturated rings. The SMILES string of the molecule is CCCOc1cc([C@H](Cc2c(Cl)c[nH+]cc2Cl)OC(=O)c2ccc(CN(C(=O)O[C@H]3CN4CCC3CC4)c3ccccc3F)cc2)ccc1OC(F)F.[OH-]. The summed E-state index contributed by atoms with van der Waals surface area (Å²) in [6.07, 6.45) is 3.71. The third-order valence-corrected chi connectivity index (χ3v) is 10.1. The number of rotatable bonds is 14. The molecule has 4 heterocycles. The molecule has 1 amide bonds. The highest BCUT2D eigenvalue weighted by atomic mass is 35.5. The lowest BCUT2D eigenvalue weighted by atomic mass is 9.86. The maximum absolute atomic E-state index is 15.0. The van der Waals surface area contributed by atoms with Crippen LogP contribution in [0.2, 0.25) is 10.0 Å². The summed E-state index contributed by atoms with van der Waals surface area (Å²) in [5.74, 6) is -1.11. The summed E-state index contributed by atoms with van der Waals surface area (Å²) in [6.45, 7) is 1.62. The van der Waals surface area contributed by atoms with Gasteiger partial charge in [-0.25, -0.2) is 19.0 Å². The Hall–Kier alpha value is -4.56. The van der Waals surface area contributed by atoms with Gasteiger partial charge in [0, 0.05) is 18.5 Å². The molecule has 54 heavy (non-hydrogen) atoms. The molecule has 0 radical (unpaired) electrons. The fourth-order valence-corrected chi connectivity index (χ4v) is 7.14. The van der Waals surface area contributed by atoms with Crippen molar-refractivity contribution in [2.45, 2.75) is 58.0 Å². The molecule has 1 aromatic heterocycles. The highest BCUT2D eigenvalue weighted by molar-refractivity contribution is 6.35. The zero-order valence-corrected chi connectivity index (χ0v) is 30.9. The molecule has 15 heteroatoms. The van der Waals surface area contributed by atoms with E-state index in [1.807, 2.05) is 6.92 Å². The first-order valence-corrected chi connectivity index (χ1v) is 18.2. The number of para-hydroxylation sites is 1. The number of nitrogens with one attached hydrogen (secondary N) is 1. The Kier molecular flexibility index (Phi) is 14.0. The quantitative estimate of drug-likeness (QED) is 0.117. The molecule has 0 spiro atoms. The highest BCUT2D eigenvalue weighted by Crippen LogP contribution is 2.37. The number of piperidine rings is 3. The van der Waals surface area contributed by atoms with Crippen molar-refractivity contribution in [1.82, 2.24) is 4.90 Å². The number of anilines is 1. The third kappa shape index (κ3) is 9.94. The van der Waals surface area contributed by atoms with Crippen LogP contribution in [-0.2, 0) is 22.4 Å². The van der Waals surface area contributed by atoms with Crippen molar-refractivity contribution in [3.63, 3.8) is 0 Å². The normalized spacial score (nSPS) is 18.0. The molecular weight excluding hydrogens is 750 g/mol. The van der Waals surface area contributed by atoms with Crippen molar-refractivity contribution in [2.75, 3.05) is 31.1 Å². The standard InChI is InChI=1S/C39H38Cl2F3N3O6.H2O/c1-2-17-50-35-18-27(11-12-33(35)52-38(43)44)34(19-28-29(40)20-45-21-30(28)41)51-37(48)26-9-7-24(8-10-26)22-47(32-6-4-3-5-31(32)42)39(49)53-36-23-46-15-13-25(36)14-16-46;/h3-12,18,20-21,25,34,36,38H,2,13-17,19,22-23H2,1H3;1H2/t34-,36-;/m0./s1. The van der Waals surface area contributed by atoms with Gasteiger partial charge in [-0.2, -0.15) is 8.78 Å². The number of aromatic amines is 1. The van der Waals surface area contributed by atoms with E-state index in [-0.39, 0.29) is 59.8 Å². The molecule has 0 saturated carbocycles. The van der Waals surface area contributed by atoms with Crippen molar-refractivity contribution < 1.29 is 52.2 Å². The number of fused-ring (bicyclic) bond motifs is 3. The van der Waals surface area contributed by atoms with Crippen molar-refractivity contribution in [3.8, 4) is 11.5 Å². The number of benzene rings is 3. The first-order valence-electron chi connectivity index (χ1n) is 17.4. The molecular formula is C39H40Cl2F3N3O7. The number of alkyl halides is 2. The largest absolute Gasteiger partial charge is 0.870 e. The number of pyridine rings is 1. The van der Waals surface area contributed by atoms with Crippen molar-refractivity contribution >= 4 is 41.0 Å². The number of esters is 1. The predicted octanol–water partition coefficient (Wildman–Crippen LogP) is 8.54. The fourth-order valence-electron chi connectivity index (χ4n) is 6.61. The Labute approximate surface area is 321 Å². The second-order valence-corrected chi connectivity index (χ2v) is 13.8. The second-order valence-electron chi connectivity index (χ2n) is 13.0. The summed E-state index contributed by atoms with van der Waals surface area (Å²) < 4.78 is 63.7. The molecule has 3 aliphatic rings. The lowest BCUT2D eigenvalue weighted by Crippen LogP contribution is -2.53. The third-order valence-electron chi connectivity index (χ3n) is 9.40. The summed E-state index contributed by atoms with van der Waals surface area (Å²) in [7, 11) is 0. The van der Waals surface area contributed by atoms with Crippen LogP contribution in [0, 0.1) is 11.7 Å². The van der Waals surface area contributed by atoms with Gasteiger partial charge in [0.2, 0.25) is 0 Å². The van der Waals surface area contributed by atoms with E-state index in [9.17, 15) is 18.4 Å². The van der Waals surface area contributed by atoms with Gasteiger partial charge in [0.15, 0.2) is 23.9 Å². The summed E-state index contributed by atoms with van der Waals surface area (Å²) >= 11 is 12.9. The molecule has 2 N–H and O–H groups in total. The summed E-state index contributed by atoms with van der Waals surface area (Å²) in [6, 6.07) is 16.7. The van der Waals surface area contributed by atoms with E-state index in [2.05, 4.69) is 14.6 Å². The van der Waals surface area contributed by atoms with E-state index in [1.165, 1.54) is 47.6 Å². The Bertz CT molecular complexity index is 1880. The molecule has 4 aromatic rings. The first-order chi connectivity index (χ1) is 25.6. The molecule has 3 saturated heterocycles. The Morgan fingerprint density at radius 1 is 0.981 bits per heavy atom. The van der Waals surface area contributed by atoms with Crippen LogP contribution in [-0.4, -0.2) is 61.4 Å². The van der Waals surface area contributed by atoms with Gasteiger partial charge in [-0.3, -0.25) is 9.80 Å². The number of carbonyl (C=O) groups excluding carboxylic acids is 2. The Morgan fingerprint density at radius 3 is 2.31 bits per heavy atom. The van der Waals surface area contributed by atoms with Crippen molar-refractivity contribution in [3.05, 3.63) is 117 Å². The van der Waals surface area contributed by atoms with Crippen LogP contribution >= 0.6 is 23.2 Å². The second kappa shape index (κ2) is 18.7. The fraction of sp³-hybridized carbons (Fsp3) is 0.359. The van der Waals surface area contributed by atoms with Crippen molar-refractivity contribution in [2.24, 2.45) is 5.92 Å². The minimum Gasteiger partial charge on any atom is -0.870 e. The zero-order valence-electron chi connectivity index (χ0n) is 29.4. The van der Waals surface area contributed by atoms with Crippen LogP contribution in [0.25, 0.3) is 0 Å². The average molecular weight is 791 g/mol. The van der Waals surface area contributed by atoms with E-state index >= 15 is 4.39 Å². The summed E-state index contributed by atoms with van der Waals surface area (Å²) in [4.78, 5) is 33.6. The van der Waals surface area contributed by atoms with Crippen molar-refractivity contribution in [1.29, 1.82) is 0 Å². The number of amides is 1. The molecule has 0 aliphatic carbocycles. The molecule has 7 rings (SSSR count). The number of hydrogen-bond acceptors (Lipinski definition) is 8. The monoisotopic (exact) mass is 789 g/mol. The first kappa shape index (κ1) is 40.6. The van der Waals surface area contributed by atoms with Gasteiger partial charge < -0.3 is 24.4 Å². The minimum atomic E-state index is -3.07. The zero-order chi connectivity index (χ0) is 37.5. The smallest absolute Gasteiger partial charge is 0.415 e. The highest BCUT2D eigenvalue weighted by Gasteiger charge is 2.38. The van der Waals surface area contributed by atoms with Crippen LogP contribution in [0.15, 0.2) is 79.1 Å². The summed E-state index contributed by atoms with van der Waals surface area (Å²) in [5.41, 5.74) is 1.78. The lowest BCUT2D eigenvalue weighted by Gasteiger charge is -2.44. The molecule has 10 nitrogen and oxygen atoms in total. The van der Waals surface area contributed by atoms with Crippen LogP contribution in [0.1, 0.15) is 59.3 Å². The maximum Gasteiger partial charge on any atom is 0.415 e. The molecule has 288 valence electrons. The van der Waals surface area contributed by atoms with Gasteiger partial charge in [-0.15, -0.1) is 0 Å². The maximum atomic E-state index is 15.0. The topological polar surface area (TPSA) is 122 Å². The van der Waals surface area contributed by atoms with Gasteiger partial charge in [-0.05, 0) is 85.8 Å². The number of halogens is 5. The van der Waals surface area contributed by atoms with Gasteiger partial charge in [0.25, 0.3) is 0 Å². The predicted molar refractivity (Wildman–Crippen MR) is 194 cm³/mol. The lowest BCUT2D eigenvalue weighted by molar-refractivity contribution is -0.377. The molecule has 2 bridgehead atoms. The van der Waals surface area contributed by atoms with Gasteiger partial charge >= 0.3 is 18.7 Å².